The van der Waals surface area contributed by atoms with Crippen LogP contribution in [-0.4, -0.2) is 24.1 Å². The van der Waals surface area contributed by atoms with E-state index in [0.29, 0.717) is 6.61 Å². The summed E-state index contributed by atoms with van der Waals surface area (Å²) in [7, 11) is 0. The van der Waals surface area contributed by atoms with Crippen LogP contribution in [-0.2, 0) is 11.2 Å². The van der Waals surface area contributed by atoms with Gasteiger partial charge in [0, 0.05) is 24.7 Å². The van der Waals surface area contributed by atoms with Crippen LogP contribution in [0.25, 0.3) is 0 Å². The molecule has 0 aliphatic rings. The van der Waals surface area contributed by atoms with Crippen LogP contribution in [0.4, 0.5) is 5.69 Å². The van der Waals surface area contributed by atoms with Gasteiger partial charge in [0.05, 0.1) is 11.5 Å². The number of hydrogen-bond donors (Lipinski definition) is 1. The lowest BCUT2D eigenvalue weighted by atomic mass is 10.0. The number of nitro groups is 1. The molecule has 0 spiro atoms. The smallest absolute Gasteiger partial charge is 0.269 e. The van der Waals surface area contributed by atoms with Crippen LogP contribution in [0.5, 0.6) is 0 Å². The molecule has 1 unspecified atom stereocenters. The van der Waals surface area contributed by atoms with Crippen molar-refractivity contribution in [2.45, 2.75) is 25.5 Å². The maximum atomic E-state index is 10.7. The van der Waals surface area contributed by atoms with Crippen LogP contribution in [0.3, 0.4) is 0 Å². The number of nitrogens with zero attached hydrogens (tertiary/aromatic N) is 1. The molecule has 0 aliphatic carbocycles. The second kappa shape index (κ2) is 10.5. The van der Waals surface area contributed by atoms with Crippen LogP contribution in [0, 0.1) is 10.1 Å². The van der Waals surface area contributed by atoms with E-state index in [9.17, 15) is 10.1 Å². The Morgan fingerprint density at radius 2 is 1.45 bits per heavy atom. The molecule has 1 atom stereocenters. The van der Waals surface area contributed by atoms with Crippen molar-refractivity contribution >= 4 is 5.69 Å². The van der Waals surface area contributed by atoms with Gasteiger partial charge in [-0.2, -0.15) is 0 Å². The lowest BCUT2D eigenvalue weighted by Gasteiger charge is -2.20. The van der Waals surface area contributed by atoms with E-state index in [2.05, 4.69) is 36.5 Å². The summed E-state index contributed by atoms with van der Waals surface area (Å²) >= 11 is 0. The molecule has 5 nitrogen and oxygen atoms in total. The van der Waals surface area contributed by atoms with Gasteiger partial charge in [0.1, 0.15) is 6.10 Å². The number of rotatable bonds is 10. The third kappa shape index (κ3) is 6.24. The first kappa shape index (κ1) is 20.7. The molecule has 3 rings (SSSR count). The lowest BCUT2D eigenvalue weighted by Crippen LogP contribution is -2.31. The van der Waals surface area contributed by atoms with Crippen molar-refractivity contribution < 1.29 is 9.66 Å². The second-order valence-corrected chi connectivity index (χ2v) is 7.06. The van der Waals surface area contributed by atoms with E-state index in [1.54, 1.807) is 12.1 Å². The summed E-state index contributed by atoms with van der Waals surface area (Å²) in [5.41, 5.74) is 3.47. The molecule has 3 aromatic carbocycles. The van der Waals surface area contributed by atoms with Crippen LogP contribution >= 0.6 is 0 Å². The molecule has 0 amide bonds. The molecule has 0 fully saturated rings. The van der Waals surface area contributed by atoms with Gasteiger partial charge in [-0.1, -0.05) is 72.8 Å². The molecular weight excluding hydrogens is 364 g/mol. The van der Waals surface area contributed by atoms with E-state index >= 15 is 0 Å². The Labute approximate surface area is 171 Å². The average molecular weight is 390 g/mol. The molecule has 0 bridgehead atoms. The molecule has 0 heterocycles. The zero-order valence-corrected chi connectivity index (χ0v) is 16.5. The van der Waals surface area contributed by atoms with Crippen molar-refractivity contribution in [3.05, 3.63) is 112 Å². The predicted octanol–water partition coefficient (Wildman–Crippen LogP) is 4.92. The SMILES string of the molecule is CC(Cc1ccc([N+](=O)[O-])cc1)NCCOC(c1ccccc1)c1ccccc1. The fourth-order valence-corrected chi connectivity index (χ4v) is 3.30. The second-order valence-electron chi connectivity index (χ2n) is 7.06. The summed E-state index contributed by atoms with van der Waals surface area (Å²) in [5, 5.41) is 14.2. The summed E-state index contributed by atoms with van der Waals surface area (Å²) in [6, 6.07) is 27.4. The molecule has 0 saturated heterocycles. The Kier molecular flexibility index (Phi) is 7.50. The Morgan fingerprint density at radius 1 is 0.897 bits per heavy atom. The van der Waals surface area contributed by atoms with Gasteiger partial charge in [-0.15, -0.1) is 0 Å². The summed E-state index contributed by atoms with van der Waals surface area (Å²) in [5.74, 6) is 0. The number of nitrogens with one attached hydrogen (secondary N) is 1. The van der Waals surface area contributed by atoms with Crippen LogP contribution < -0.4 is 5.32 Å². The van der Waals surface area contributed by atoms with Crippen molar-refractivity contribution in [2.75, 3.05) is 13.2 Å². The first-order valence-electron chi connectivity index (χ1n) is 9.81. The van der Waals surface area contributed by atoms with Gasteiger partial charge in [-0.25, -0.2) is 0 Å². The minimum atomic E-state index is -0.376. The minimum Gasteiger partial charge on any atom is -0.367 e. The minimum absolute atomic E-state index is 0.0934. The molecule has 0 saturated carbocycles. The summed E-state index contributed by atoms with van der Waals surface area (Å²) in [6.45, 7) is 3.41. The van der Waals surface area contributed by atoms with Gasteiger partial charge >= 0.3 is 0 Å². The summed E-state index contributed by atoms with van der Waals surface area (Å²) in [6.07, 6.45) is 0.711. The Morgan fingerprint density at radius 3 is 1.97 bits per heavy atom. The van der Waals surface area contributed by atoms with Gasteiger partial charge in [0.25, 0.3) is 5.69 Å². The Bertz CT molecular complexity index is 844. The maximum Gasteiger partial charge on any atom is 0.269 e. The molecule has 0 radical (unpaired) electrons. The molecule has 3 aromatic rings. The highest BCUT2D eigenvalue weighted by Crippen LogP contribution is 2.25. The van der Waals surface area contributed by atoms with Gasteiger partial charge in [0.2, 0.25) is 0 Å². The van der Waals surface area contributed by atoms with Crippen molar-refractivity contribution in [2.24, 2.45) is 0 Å². The van der Waals surface area contributed by atoms with E-state index < -0.39 is 0 Å². The zero-order valence-electron chi connectivity index (χ0n) is 16.5. The third-order valence-corrected chi connectivity index (χ3v) is 4.77. The third-order valence-electron chi connectivity index (χ3n) is 4.77. The van der Waals surface area contributed by atoms with Gasteiger partial charge < -0.3 is 10.1 Å². The van der Waals surface area contributed by atoms with E-state index in [0.717, 1.165) is 29.7 Å². The number of non-ortho nitro benzene ring substituents is 1. The van der Waals surface area contributed by atoms with Crippen molar-refractivity contribution in [1.29, 1.82) is 0 Å². The van der Waals surface area contributed by atoms with Crippen molar-refractivity contribution in [3.63, 3.8) is 0 Å². The number of ether oxygens (including phenoxy) is 1. The van der Waals surface area contributed by atoms with Crippen LogP contribution in [0.1, 0.15) is 29.7 Å². The topological polar surface area (TPSA) is 64.4 Å². The zero-order chi connectivity index (χ0) is 20.5. The molecule has 150 valence electrons. The normalized spacial score (nSPS) is 12.1. The van der Waals surface area contributed by atoms with Crippen LogP contribution in [0.15, 0.2) is 84.9 Å². The predicted molar refractivity (Wildman–Crippen MR) is 115 cm³/mol. The Hall–Kier alpha value is -3.02. The van der Waals surface area contributed by atoms with E-state index in [4.69, 9.17) is 4.74 Å². The quantitative estimate of drug-likeness (QED) is 0.303. The van der Waals surface area contributed by atoms with Crippen molar-refractivity contribution in [3.8, 4) is 0 Å². The number of benzene rings is 3. The highest BCUT2D eigenvalue weighted by molar-refractivity contribution is 5.33. The Balaban J connectivity index is 1.50. The molecular formula is C24H26N2O3. The molecule has 5 heteroatoms. The number of hydrogen-bond acceptors (Lipinski definition) is 4. The molecule has 0 aromatic heterocycles. The fourth-order valence-electron chi connectivity index (χ4n) is 3.30. The van der Waals surface area contributed by atoms with Crippen LogP contribution in [0.2, 0.25) is 0 Å². The van der Waals surface area contributed by atoms with Crippen molar-refractivity contribution in [1.82, 2.24) is 5.32 Å². The van der Waals surface area contributed by atoms with Gasteiger partial charge in [-0.3, -0.25) is 10.1 Å². The molecule has 1 N–H and O–H groups in total. The largest absolute Gasteiger partial charge is 0.367 e. The number of nitro benzene ring substituents is 1. The van der Waals surface area contributed by atoms with E-state index in [1.807, 2.05) is 48.5 Å². The first-order valence-corrected chi connectivity index (χ1v) is 9.81. The lowest BCUT2D eigenvalue weighted by molar-refractivity contribution is -0.384. The summed E-state index contributed by atoms with van der Waals surface area (Å²) < 4.78 is 6.22. The highest BCUT2D eigenvalue weighted by atomic mass is 16.6. The maximum absolute atomic E-state index is 10.7. The first-order chi connectivity index (χ1) is 14.1. The molecule has 29 heavy (non-hydrogen) atoms. The summed E-state index contributed by atoms with van der Waals surface area (Å²) in [4.78, 5) is 10.4. The van der Waals surface area contributed by atoms with E-state index in [-0.39, 0.29) is 22.8 Å². The van der Waals surface area contributed by atoms with Gasteiger partial charge in [-0.05, 0) is 30.0 Å². The standard InChI is InChI=1S/C24H26N2O3/c1-19(18-20-12-14-23(15-13-20)26(27)28)25-16-17-29-24(21-8-4-2-5-9-21)22-10-6-3-7-11-22/h2-15,19,24-25H,16-18H2,1H3. The van der Waals surface area contributed by atoms with Gasteiger partial charge in [0.15, 0.2) is 0 Å². The fraction of sp³-hybridized carbons (Fsp3) is 0.250. The van der Waals surface area contributed by atoms with E-state index in [1.165, 1.54) is 0 Å². The average Bonchev–Trinajstić information content (AvgIpc) is 2.75. The highest BCUT2D eigenvalue weighted by Gasteiger charge is 2.14. The monoisotopic (exact) mass is 390 g/mol. The molecule has 0 aliphatic heterocycles.